The maximum atomic E-state index is 6.16. The maximum Gasteiger partial charge on any atom is 0.158 e. The third kappa shape index (κ3) is 2.05. The second-order valence-corrected chi connectivity index (χ2v) is 4.16. The fraction of sp³-hybridized carbons (Fsp3) is 0.333. The van der Waals surface area contributed by atoms with Crippen molar-refractivity contribution >= 4 is 40.4 Å². The highest BCUT2D eigenvalue weighted by Gasteiger charge is 2.12. The van der Waals surface area contributed by atoms with Gasteiger partial charge in [0.05, 0.1) is 6.20 Å². The van der Waals surface area contributed by atoms with E-state index in [0.717, 1.165) is 12.0 Å². The van der Waals surface area contributed by atoms with Gasteiger partial charge in [-0.3, -0.25) is 0 Å². The van der Waals surface area contributed by atoms with Crippen molar-refractivity contribution in [3.05, 3.63) is 28.1 Å². The largest absolute Gasteiger partial charge is 0.216 e. The van der Waals surface area contributed by atoms with Crippen LogP contribution in [0.25, 0.3) is 5.65 Å². The molecule has 0 bridgehead atoms. The summed E-state index contributed by atoms with van der Waals surface area (Å²) in [5.41, 5.74) is 1.45. The predicted octanol–water partition coefficient (Wildman–Crippen LogP) is 3.21. The van der Waals surface area contributed by atoms with Gasteiger partial charge in [-0.2, -0.15) is 5.10 Å². The Morgan fingerprint density at radius 1 is 1.33 bits per heavy atom. The van der Waals surface area contributed by atoms with Crippen molar-refractivity contribution in [1.82, 2.24) is 14.6 Å². The minimum atomic E-state index is 0.429. The lowest BCUT2D eigenvalue weighted by Crippen LogP contribution is -2.00. The van der Waals surface area contributed by atoms with Gasteiger partial charge in [0, 0.05) is 17.5 Å². The summed E-state index contributed by atoms with van der Waals surface area (Å²) in [6, 6.07) is 1.75. The first-order valence-corrected chi connectivity index (χ1v) is 5.76. The molecular formula is C9H8Cl3N3. The summed E-state index contributed by atoms with van der Waals surface area (Å²) in [7, 11) is 0. The molecule has 2 aromatic heterocycles. The van der Waals surface area contributed by atoms with E-state index in [9.17, 15) is 0 Å². The van der Waals surface area contributed by atoms with E-state index in [1.807, 2.05) is 0 Å². The van der Waals surface area contributed by atoms with Gasteiger partial charge in [-0.15, -0.1) is 11.6 Å². The molecule has 0 aliphatic heterocycles. The van der Waals surface area contributed by atoms with Gasteiger partial charge in [0.1, 0.15) is 10.3 Å². The lowest BCUT2D eigenvalue weighted by atomic mass is 10.2. The molecule has 0 amide bonds. The van der Waals surface area contributed by atoms with Crippen LogP contribution >= 0.6 is 34.8 Å². The third-order valence-corrected chi connectivity index (χ3v) is 3.05. The van der Waals surface area contributed by atoms with Crippen molar-refractivity contribution in [2.24, 2.45) is 0 Å². The number of fused-ring (bicyclic) bond motifs is 1. The van der Waals surface area contributed by atoms with Gasteiger partial charge in [0.2, 0.25) is 0 Å². The summed E-state index contributed by atoms with van der Waals surface area (Å²) < 4.78 is 1.57. The zero-order valence-electron chi connectivity index (χ0n) is 7.75. The van der Waals surface area contributed by atoms with Gasteiger partial charge >= 0.3 is 0 Å². The zero-order valence-corrected chi connectivity index (χ0v) is 10.0. The molecule has 2 aromatic rings. The van der Waals surface area contributed by atoms with Crippen molar-refractivity contribution in [2.45, 2.75) is 12.8 Å². The van der Waals surface area contributed by atoms with Gasteiger partial charge in [-0.1, -0.05) is 23.2 Å². The van der Waals surface area contributed by atoms with Gasteiger partial charge in [-0.05, 0) is 12.8 Å². The maximum absolute atomic E-state index is 6.16. The quantitative estimate of drug-likeness (QED) is 0.629. The Labute approximate surface area is 102 Å². The fourth-order valence-electron chi connectivity index (χ4n) is 1.36. The number of rotatable bonds is 3. The van der Waals surface area contributed by atoms with Crippen LogP contribution in [-0.4, -0.2) is 20.5 Å². The molecule has 0 unspecified atom stereocenters. The molecule has 0 saturated carbocycles. The average molecular weight is 265 g/mol. The zero-order chi connectivity index (χ0) is 10.8. The van der Waals surface area contributed by atoms with E-state index >= 15 is 0 Å². The number of alkyl halides is 1. The summed E-state index contributed by atoms with van der Waals surface area (Å²) in [6.45, 7) is 0. The van der Waals surface area contributed by atoms with E-state index in [0.29, 0.717) is 28.3 Å². The van der Waals surface area contributed by atoms with Gasteiger partial charge in [0.15, 0.2) is 5.65 Å². The molecular weight excluding hydrogens is 256 g/mol. The van der Waals surface area contributed by atoms with E-state index in [1.54, 1.807) is 16.8 Å². The minimum Gasteiger partial charge on any atom is -0.216 e. The average Bonchev–Trinajstić information content (AvgIpc) is 2.65. The summed E-state index contributed by atoms with van der Waals surface area (Å²) in [5.74, 6) is 0.573. The Kier molecular flexibility index (Phi) is 3.34. The van der Waals surface area contributed by atoms with Crippen molar-refractivity contribution in [1.29, 1.82) is 0 Å². The summed E-state index contributed by atoms with van der Waals surface area (Å²) in [6.07, 6.45) is 3.16. The number of aromatic nitrogens is 3. The van der Waals surface area contributed by atoms with E-state index in [1.165, 1.54) is 0 Å². The number of hydrogen-bond acceptors (Lipinski definition) is 2. The van der Waals surface area contributed by atoms with E-state index in [4.69, 9.17) is 34.8 Å². The van der Waals surface area contributed by atoms with E-state index in [2.05, 4.69) is 10.1 Å². The van der Waals surface area contributed by atoms with Crippen molar-refractivity contribution in [3.63, 3.8) is 0 Å². The number of hydrogen-bond donors (Lipinski definition) is 0. The molecule has 0 aliphatic carbocycles. The molecule has 0 spiro atoms. The third-order valence-electron chi connectivity index (χ3n) is 2.08. The van der Waals surface area contributed by atoms with Crippen LogP contribution in [0.5, 0.6) is 0 Å². The van der Waals surface area contributed by atoms with Crippen molar-refractivity contribution < 1.29 is 0 Å². The molecule has 0 saturated heterocycles. The Bertz CT molecular complexity index is 481. The predicted molar refractivity (Wildman–Crippen MR) is 62.0 cm³/mol. The molecule has 0 fully saturated rings. The standard InChI is InChI=1S/C9H8Cl3N3/c10-4-1-2-6-8(11)14-7-3-5-13-15(7)9(6)12/h3,5H,1-2,4H2. The van der Waals surface area contributed by atoms with Crippen molar-refractivity contribution in [2.75, 3.05) is 5.88 Å². The fourth-order valence-corrected chi connectivity index (χ4v) is 2.13. The second kappa shape index (κ2) is 4.56. The topological polar surface area (TPSA) is 30.2 Å². The SMILES string of the molecule is ClCCCc1c(Cl)nc2ccnn2c1Cl. The number of nitrogens with zero attached hydrogens (tertiary/aromatic N) is 3. The van der Waals surface area contributed by atoms with Gasteiger partial charge in [-0.25, -0.2) is 9.50 Å². The molecule has 6 heteroatoms. The first kappa shape index (κ1) is 11.0. The molecule has 3 nitrogen and oxygen atoms in total. The molecule has 2 heterocycles. The number of halogens is 3. The Balaban J connectivity index is 2.52. The summed E-state index contributed by atoms with van der Waals surface area (Å²) in [4.78, 5) is 4.19. The summed E-state index contributed by atoms with van der Waals surface area (Å²) >= 11 is 17.8. The van der Waals surface area contributed by atoms with Gasteiger partial charge < -0.3 is 0 Å². The van der Waals surface area contributed by atoms with Crippen LogP contribution in [-0.2, 0) is 6.42 Å². The molecule has 0 atom stereocenters. The molecule has 15 heavy (non-hydrogen) atoms. The Morgan fingerprint density at radius 3 is 2.87 bits per heavy atom. The minimum absolute atomic E-state index is 0.429. The smallest absolute Gasteiger partial charge is 0.158 e. The van der Waals surface area contributed by atoms with E-state index < -0.39 is 0 Å². The molecule has 0 aliphatic rings. The molecule has 0 aromatic carbocycles. The first-order valence-electron chi connectivity index (χ1n) is 4.47. The van der Waals surface area contributed by atoms with E-state index in [-0.39, 0.29) is 0 Å². The molecule has 2 rings (SSSR count). The molecule has 80 valence electrons. The lowest BCUT2D eigenvalue weighted by Gasteiger charge is -2.06. The van der Waals surface area contributed by atoms with Crippen LogP contribution in [0.4, 0.5) is 0 Å². The first-order chi connectivity index (χ1) is 7.24. The van der Waals surface area contributed by atoms with Gasteiger partial charge in [0.25, 0.3) is 0 Å². The summed E-state index contributed by atoms with van der Waals surface area (Å²) in [5, 5.41) is 5.00. The lowest BCUT2D eigenvalue weighted by molar-refractivity contribution is 0.868. The highest BCUT2D eigenvalue weighted by atomic mass is 35.5. The highest BCUT2D eigenvalue weighted by Crippen LogP contribution is 2.25. The molecule has 0 radical (unpaired) electrons. The van der Waals surface area contributed by atoms with Crippen LogP contribution < -0.4 is 0 Å². The van der Waals surface area contributed by atoms with Crippen LogP contribution in [0.2, 0.25) is 10.3 Å². The second-order valence-electron chi connectivity index (χ2n) is 3.07. The monoisotopic (exact) mass is 263 g/mol. The Hall–Kier alpha value is -0.510. The van der Waals surface area contributed by atoms with Crippen LogP contribution in [0.1, 0.15) is 12.0 Å². The van der Waals surface area contributed by atoms with Crippen LogP contribution in [0.15, 0.2) is 12.3 Å². The van der Waals surface area contributed by atoms with Crippen LogP contribution in [0, 0.1) is 0 Å². The van der Waals surface area contributed by atoms with Crippen LogP contribution in [0.3, 0.4) is 0 Å². The van der Waals surface area contributed by atoms with Crippen molar-refractivity contribution in [3.8, 4) is 0 Å². The normalized spacial score (nSPS) is 11.1. The highest BCUT2D eigenvalue weighted by molar-refractivity contribution is 6.34. The molecule has 0 N–H and O–H groups in total. The Morgan fingerprint density at radius 2 is 2.13 bits per heavy atom.